The number of esters is 1. The maximum absolute atomic E-state index is 14.0. The van der Waals surface area contributed by atoms with Crippen LogP contribution < -0.4 is 14.9 Å². The fourth-order valence-electron chi connectivity index (χ4n) is 4.78. The molecule has 0 saturated carbocycles. The molecule has 1 aliphatic rings. The number of fused-ring (bicyclic) bond motifs is 1. The Labute approximate surface area is 256 Å². The van der Waals surface area contributed by atoms with Gasteiger partial charge in [-0.25, -0.2) is 9.79 Å². The van der Waals surface area contributed by atoms with Crippen molar-refractivity contribution in [3.63, 3.8) is 0 Å². The van der Waals surface area contributed by atoms with Gasteiger partial charge < -0.3 is 9.15 Å². The summed E-state index contributed by atoms with van der Waals surface area (Å²) in [5, 5.41) is 0. The molecule has 0 aliphatic carbocycles. The van der Waals surface area contributed by atoms with Gasteiger partial charge in [-0.15, -0.1) is 0 Å². The second-order valence-corrected chi connectivity index (χ2v) is 11.9. The Morgan fingerprint density at radius 2 is 1.76 bits per heavy atom. The Bertz CT molecular complexity index is 1980. The summed E-state index contributed by atoms with van der Waals surface area (Å²) in [6, 6.07) is 27.8. The highest BCUT2D eigenvalue weighted by atomic mass is 79.9. The predicted octanol–water partition coefficient (Wildman–Crippen LogP) is 6.72. The number of halogens is 2. The van der Waals surface area contributed by atoms with E-state index in [1.807, 2.05) is 91.0 Å². The van der Waals surface area contributed by atoms with Gasteiger partial charge >= 0.3 is 5.97 Å². The molecule has 6 nitrogen and oxygen atoms in total. The minimum absolute atomic E-state index is 0.200. The lowest BCUT2D eigenvalue weighted by Crippen LogP contribution is -2.39. The Balaban J connectivity index is 1.55. The number of hydrogen-bond donors (Lipinski definition) is 0. The first-order valence-corrected chi connectivity index (χ1v) is 15.2. The van der Waals surface area contributed by atoms with Crippen molar-refractivity contribution < 1.29 is 13.9 Å². The molecule has 0 bridgehead atoms. The van der Waals surface area contributed by atoms with Crippen LogP contribution >= 0.6 is 43.2 Å². The van der Waals surface area contributed by atoms with Crippen LogP contribution in [0.5, 0.6) is 0 Å². The molecule has 0 N–H and O–H groups in total. The van der Waals surface area contributed by atoms with E-state index >= 15 is 0 Å². The highest BCUT2D eigenvalue weighted by Crippen LogP contribution is 2.35. The minimum atomic E-state index is -0.714. The van der Waals surface area contributed by atoms with Crippen molar-refractivity contribution in [2.75, 3.05) is 6.61 Å². The topological polar surface area (TPSA) is 73.8 Å². The summed E-state index contributed by atoms with van der Waals surface area (Å²) in [4.78, 5) is 32.9. The van der Waals surface area contributed by atoms with E-state index in [2.05, 4.69) is 31.9 Å². The van der Waals surface area contributed by atoms with Crippen molar-refractivity contribution in [2.24, 2.45) is 4.99 Å². The van der Waals surface area contributed by atoms with Crippen LogP contribution in [0, 0.1) is 0 Å². The fraction of sp³-hybridized carbons (Fsp3) is 0.0938. The summed E-state index contributed by atoms with van der Waals surface area (Å²) in [5.41, 5.74) is 2.98. The lowest BCUT2D eigenvalue weighted by Gasteiger charge is -2.25. The molecule has 1 atom stereocenters. The number of thiazole rings is 1. The molecule has 0 saturated heterocycles. The van der Waals surface area contributed by atoms with Crippen LogP contribution in [0.2, 0.25) is 0 Å². The summed E-state index contributed by atoms with van der Waals surface area (Å²) in [5.74, 6) is 0.685. The SMILES string of the molecule is CCOC(=O)C1=C(c2ccccc2)N=c2s/c(=C/c3ccc(-c4cc(Br)ccc4Br)o3)c(=O)n2[C@@H]1c1ccccc1. The van der Waals surface area contributed by atoms with Gasteiger partial charge in [-0.3, -0.25) is 9.36 Å². The second-order valence-electron chi connectivity index (χ2n) is 9.17. The molecule has 0 amide bonds. The van der Waals surface area contributed by atoms with Crippen LogP contribution in [-0.4, -0.2) is 17.1 Å². The van der Waals surface area contributed by atoms with Gasteiger partial charge in [0.05, 0.1) is 28.5 Å². The quantitative estimate of drug-likeness (QED) is 0.186. The van der Waals surface area contributed by atoms with E-state index in [1.165, 1.54) is 11.3 Å². The number of carbonyl (C=O) groups excluding carboxylic acids is 1. The molecular formula is C32H22Br2N2O4S. The van der Waals surface area contributed by atoms with Gasteiger partial charge in [0, 0.05) is 26.1 Å². The van der Waals surface area contributed by atoms with Crippen LogP contribution in [0.4, 0.5) is 0 Å². The van der Waals surface area contributed by atoms with Crippen LogP contribution in [0.3, 0.4) is 0 Å². The van der Waals surface area contributed by atoms with E-state index < -0.39 is 12.0 Å². The van der Waals surface area contributed by atoms with E-state index in [4.69, 9.17) is 14.1 Å². The number of aromatic nitrogens is 1. The number of ether oxygens (including phenoxy) is 1. The van der Waals surface area contributed by atoms with Crippen LogP contribution in [0.15, 0.2) is 120 Å². The zero-order valence-corrected chi connectivity index (χ0v) is 25.7. The molecule has 0 radical (unpaired) electrons. The van der Waals surface area contributed by atoms with Crippen molar-refractivity contribution in [3.8, 4) is 11.3 Å². The summed E-state index contributed by atoms with van der Waals surface area (Å²) < 4.78 is 15.5. The average Bonchev–Trinajstić information content (AvgIpc) is 3.58. The molecule has 5 aromatic rings. The molecular weight excluding hydrogens is 668 g/mol. The van der Waals surface area contributed by atoms with Gasteiger partial charge in [0.25, 0.3) is 5.56 Å². The van der Waals surface area contributed by atoms with Gasteiger partial charge in [-0.05, 0) is 42.8 Å². The minimum Gasteiger partial charge on any atom is -0.463 e. The van der Waals surface area contributed by atoms with Crippen molar-refractivity contribution in [2.45, 2.75) is 13.0 Å². The van der Waals surface area contributed by atoms with E-state index in [9.17, 15) is 9.59 Å². The van der Waals surface area contributed by atoms with Gasteiger partial charge in [0.1, 0.15) is 11.5 Å². The maximum atomic E-state index is 14.0. The molecule has 1 aliphatic heterocycles. The zero-order valence-electron chi connectivity index (χ0n) is 21.7. The van der Waals surface area contributed by atoms with Crippen LogP contribution in [-0.2, 0) is 9.53 Å². The second kappa shape index (κ2) is 11.6. The van der Waals surface area contributed by atoms with Crippen molar-refractivity contribution in [1.82, 2.24) is 4.57 Å². The van der Waals surface area contributed by atoms with E-state index in [-0.39, 0.29) is 12.2 Å². The van der Waals surface area contributed by atoms with Crippen molar-refractivity contribution in [3.05, 3.63) is 142 Å². The number of carbonyl (C=O) groups is 1. The molecule has 3 heterocycles. The van der Waals surface area contributed by atoms with Gasteiger partial charge in [-0.2, -0.15) is 0 Å². The summed E-state index contributed by atoms with van der Waals surface area (Å²) in [6.45, 7) is 1.96. The molecule has 204 valence electrons. The molecule has 0 spiro atoms. The number of nitrogens with zero attached hydrogens (tertiary/aromatic N) is 2. The highest BCUT2D eigenvalue weighted by molar-refractivity contribution is 9.11. The van der Waals surface area contributed by atoms with E-state index in [0.717, 1.165) is 25.6 Å². The van der Waals surface area contributed by atoms with Crippen molar-refractivity contribution in [1.29, 1.82) is 0 Å². The number of rotatable bonds is 6. The zero-order chi connectivity index (χ0) is 28.5. The molecule has 2 aromatic heterocycles. The van der Waals surface area contributed by atoms with E-state index in [1.54, 1.807) is 17.6 Å². The third-order valence-electron chi connectivity index (χ3n) is 6.58. The first-order chi connectivity index (χ1) is 19.9. The lowest BCUT2D eigenvalue weighted by molar-refractivity contribution is -0.138. The Morgan fingerprint density at radius 3 is 2.49 bits per heavy atom. The Morgan fingerprint density at radius 1 is 1.02 bits per heavy atom. The maximum Gasteiger partial charge on any atom is 0.338 e. The first kappa shape index (κ1) is 27.4. The molecule has 0 unspecified atom stereocenters. The largest absolute Gasteiger partial charge is 0.463 e. The van der Waals surface area contributed by atoms with Crippen LogP contribution in [0.1, 0.15) is 29.9 Å². The van der Waals surface area contributed by atoms with Gasteiger partial charge in [0.2, 0.25) is 0 Å². The van der Waals surface area contributed by atoms with E-state index in [0.29, 0.717) is 32.1 Å². The van der Waals surface area contributed by atoms with Crippen molar-refractivity contribution >= 4 is 60.9 Å². The molecule has 6 rings (SSSR count). The normalized spacial score (nSPS) is 15.0. The predicted molar refractivity (Wildman–Crippen MR) is 167 cm³/mol. The summed E-state index contributed by atoms with van der Waals surface area (Å²) in [6.07, 6.45) is 1.72. The fourth-order valence-corrected chi connectivity index (χ4v) is 6.57. The average molecular weight is 690 g/mol. The Hall–Kier alpha value is -3.79. The van der Waals surface area contributed by atoms with Crippen LogP contribution in [0.25, 0.3) is 23.1 Å². The highest BCUT2D eigenvalue weighted by Gasteiger charge is 2.35. The molecule has 9 heteroatoms. The molecule has 0 fully saturated rings. The molecule has 3 aromatic carbocycles. The number of hydrogen-bond acceptors (Lipinski definition) is 6. The first-order valence-electron chi connectivity index (χ1n) is 12.8. The van der Waals surface area contributed by atoms with Gasteiger partial charge in [-0.1, -0.05) is 104 Å². The molecule has 41 heavy (non-hydrogen) atoms. The standard InChI is InChI=1S/C32H22Br2N2O4S/c1-2-39-31(38)27-28(19-9-5-3-6-10-19)35-32-36(29(27)20-11-7-4-8-12-20)30(37)26(41-32)18-22-14-16-25(40-22)23-17-21(33)13-15-24(23)34/h3-18,29H,2H2,1H3/b26-18+/t29-/m1/s1. The Kier molecular flexibility index (Phi) is 7.75. The number of furan rings is 1. The third-order valence-corrected chi connectivity index (χ3v) is 8.75. The van der Waals surface area contributed by atoms with Gasteiger partial charge in [0.15, 0.2) is 4.80 Å². The number of benzene rings is 3. The monoisotopic (exact) mass is 688 g/mol. The summed E-state index contributed by atoms with van der Waals surface area (Å²) >= 11 is 8.34. The smallest absolute Gasteiger partial charge is 0.338 e. The third kappa shape index (κ3) is 5.32. The summed E-state index contributed by atoms with van der Waals surface area (Å²) in [7, 11) is 0. The lowest BCUT2D eigenvalue weighted by atomic mass is 9.93.